The standard InChI is InChI=1S/C30H47N13OS2/c1-10-11-35-39-29-42(21(4)5)26(17-45-29)33-13-24(9)14-36-38-28-41(20(2)3)25(16-44-28)32-12-23(8)15-37-40-30-43(22(6)7)27(18-46-30)34-19-31/h11,14-15,20-24H,10,12-13,16-18H2,1-9H3/b32-25?,33-26?,34-27?,35-11+,36-14+,37-15+,38-28-,39-29-,40-30-. The lowest BCUT2D eigenvalue weighted by Gasteiger charge is -2.22. The van der Waals surface area contributed by atoms with E-state index in [2.05, 4.69) is 75.1 Å². The van der Waals surface area contributed by atoms with Crippen molar-refractivity contribution >= 4 is 76.0 Å². The lowest BCUT2D eigenvalue weighted by Crippen LogP contribution is -2.36. The van der Waals surface area contributed by atoms with Crippen molar-refractivity contribution in [3.05, 3.63) is 0 Å². The molecule has 0 spiro atoms. The molecule has 2 atom stereocenters. The minimum Gasteiger partial charge on any atom is -0.455 e. The number of hydrogen-bond donors (Lipinski definition) is 0. The quantitative estimate of drug-likeness (QED) is 0.151. The van der Waals surface area contributed by atoms with E-state index in [1.54, 1.807) is 30.4 Å². The molecular formula is C30H47N13OS2. The molecule has 3 rings (SSSR count). The monoisotopic (exact) mass is 669 g/mol. The SMILES string of the molecule is CC/C=N/N=C1\SCC(=NCC(C)/C=N/N=C2\OCC(=NCC(C)/C=N/N=C3\SCC(=NC#N)N3C(C)C)N2C(C)C)N1C(C)C. The fraction of sp³-hybridized carbons (Fsp3) is 0.667. The Balaban J connectivity index is 1.58. The molecule has 0 aromatic rings. The molecule has 0 N–H and O–H groups in total. The summed E-state index contributed by atoms with van der Waals surface area (Å²) in [5, 5.41) is 36.5. The van der Waals surface area contributed by atoms with Crippen LogP contribution in [-0.2, 0) is 4.74 Å². The van der Waals surface area contributed by atoms with E-state index < -0.39 is 0 Å². The van der Waals surface area contributed by atoms with E-state index in [-0.39, 0.29) is 30.0 Å². The molecule has 46 heavy (non-hydrogen) atoms. The Morgan fingerprint density at radius 1 is 0.739 bits per heavy atom. The van der Waals surface area contributed by atoms with Crippen molar-refractivity contribution in [2.45, 2.75) is 86.9 Å². The molecule has 0 aliphatic carbocycles. The van der Waals surface area contributed by atoms with E-state index in [1.165, 1.54) is 11.8 Å². The number of thioether (sulfide) groups is 2. The van der Waals surface area contributed by atoms with Gasteiger partial charge in [-0.3, -0.25) is 14.9 Å². The minimum absolute atomic E-state index is 0.0507. The first kappa shape index (κ1) is 36.9. The maximum atomic E-state index is 8.96. The van der Waals surface area contributed by atoms with Gasteiger partial charge in [0.05, 0.1) is 11.5 Å². The third kappa shape index (κ3) is 10.5. The molecule has 3 aliphatic heterocycles. The Morgan fingerprint density at radius 2 is 1.26 bits per heavy atom. The van der Waals surface area contributed by atoms with E-state index in [1.807, 2.05) is 43.7 Å². The summed E-state index contributed by atoms with van der Waals surface area (Å²) in [6.45, 7) is 20.1. The second kappa shape index (κ2) is 18.5. The van der Waals surface area contributed by atoms with Crippen molar-refractivity contribution in [2.75, 3.05) is 31.2 Å². The average molecular weight is 670 g/mol. The van der Waals surface area contributed by atoms with Gasteiger partial charge >= 0.3 is 6.02 Å². The van der Waals surface area contributed by atoms with Crippen LogP contribution in [0, 0.1) is 23.3 Å². The van der Waals surface area contributed by atoms with Gasteiger partial charge in [0.2, 0.25) is 6.19 Å². The van der Waals surface area contributed by atoms with Crippen LogP contribution in [0.4, 0.5) is 0 Å². The topological polar surface area (TPSA) is 154 Å². The third-order valence-electron chi connectivity index (χ3n) is 6.63. The highest BCUT2D eigenvalue weighted by molar-refractivity contribution is 8.15. The van der Waals surface area contributed by atoms with Crippen molar-refractivity contribution in [1.82, 2.24) is 14.7 Å². The molecule has 250 valence electrons. The van der Waals surface area contributed by atoms with Gasteiger partial charge in [-0.25, -0.2) is 0 Å². The molecule has 14 nitrogen and oxygen atoms in total. The summed E-state index contributed by atoms with van der Waals surface area (Å²) in [7, 11) is 0. The van der Waals surface area contributed by atoms with Crippen LogP contribution >= 0.6 is 23.5 Å². The lowest BCUT2D eigenvalue weighted by atomic mass is 10.2. The van der Waals surface area contributed by atoms with Gasteiger partial charge in [0, 0.05) is 61.7 Å². The zero-order chi connectivity index (χ0) is 33.6. The Morgan fingerprint density at radius 3 is 1.83 bits per heavy atom. The first-order chi connectivity index (χ1) is 22.1. The third-order valence-corrected chi connectivity index (χ3v) is 8.51. The smallest absolute Gasteiger partial charge is 0.317 e. The molecule has 0 amide bonds. The van der Waals surface area contributed by atoms with Crippen LogP contribution in [0.15, 0.2) is 45.6 Å². The predicted octanol–water partition coefficient (Wildman–Crippen LogP) is 5.03. The molecule has 3 heterocycles. The zero-order valence-corrected chi connectivity index (χ0v) is 30.0. The number of nitrogens with zero attached hydrogens (tertiary/aromatic N) is 13. The number of aliphatic imine (C=N–C) groups is 3. The maximum absolute atomic E-state index is 8.96. The van der Waals surface area contributed by atoms with Gasteiger partial charge in [-0.2, -0.15) is 25.6 Å². The number of hydrogen-bond acceptors (Lipinski definition) is 13. The van der Waals surface area contributed by atoms with Crippen LogP contribution < -0.4 is 0 Å². The predicted molar refractivity (Wildman–Crippen MR) is 196 cm³/mol. The lowest BCUT2D eigenvalue weighted by molar-refractivity contribution is 0.347. The van der Waals surface area contributed by atoms with Gasteiger partial charge in [0.25, 0.3) is 0 Å². The van der Waals surface area contributed by atoms with Crippen LogP contribution in [-0.4, -0.2) is 117 Å². The fourth-order valence-electron chi connectivity index (χ4n) is 4.47. The van der Waals surface area contributed by atoms with Gasteiger partial charge in [0.15, 0.2) is 10.3 Å². The van der Waals surface area contributed by atoms with Crippen molar-refractivity contribution < 1.29 is 4.74 Å². The number of ether oxygens (including phenoxy) is 1. The Kier molecular flexibility index (Phi) is 14.9. The summed E-state index contributed by atoms with van der Waals surface area (Å²) in [4.78, 5) is 19.6. The van der Waals surface area contributed by atoms with E-state index in [0.29, 0.717) is 37.3 Å². The van der Waals surface area contributed by atoms with Gasteiger partial charge in [-0.1, -0.05) is 49.4 Å². The molecule has 0 bridgehead atoms. The largest absolute Gasteiger partial charge is 0.455 e. The highest BCUT2D eigenvalue weighted by Gasteiger charge is 2.31. The number of rotatable bonds is 13. The number of amidine groups is 6. The second-order valence-electron chi connectivity index (χ2n) is 11.7. The fourth-order valence-corrected chi connectivity index (χ4v) is 6.54. The van der Waals surface area contributed by atoms with Crippen LogP contribution in [0.5, 0.6) is 0 Å². The van der Waals surface area contributed by atoms with Crippen molar-refractivity contribution in [1.29, 1.82) is 5.26 Å². The maximum Gasteiger partial charge on any atom is 0.317 e. The van der Waals surface area contributed by atoms with E-state index in [0.717, 1.165) is 34.2 Å². The van der Waals surface area contributed by atoms with Crippen molar-refractivity contribution in [3.63, 3.8) is 0 Å². The summed E-state index contributed by atoms with van der Waals surface area (Å²) in [6.07, 6.45) is 8.12. The van der Waals surface area contributed by atoms with Gasteiger partial charge in [-0.15, -0.1) is 10.2 Å². The van der Waals surface area contributed by atoms with Crippen LogP contribution in [0.2, 0.25) is 0 Å². The molecule has 16 heteroatoms. The summed E-state index contributed by atoms with van der Waals surface area (Å²) in [6, 6.07) is 0.908. The molecule has 2 unspecified atom stereocenters. The molecular weight excluding hydrogens is 623 g/mol. The summed E-state index contributed by atoms with van der Waals surface area (Å²) in [5.74, 6) is 4.03. The number of nitriles is 1. The van der Waals surface area contributed by atoms with Gasteiger partial charge in [-0.05, 0) is 48.0 Å². The summed E-state index contributed by atoms with van der Waals surface area (Å²) in [5.41, 5.74) is 0. The highest BCUT2D eigenvalue weighted by Crippen LogP contribution is 2.24. The van der Waals surface area contributed by atoms with E-state index >= 15 is 0 Å². The Labute approximate surface area is 281 Å². The molecule has 3 fully saturated rings. The molecule has 0 saturated carbocycles. The zero-order valence-electron chi connectivity index (χ0n) is 28.4. The first-order valence-electron chi connectivity index (χ1n) is 15.7. The minimum atomic E-state index is 0.0507. The van der Waals surface area contributed by atoms with Crippen molar-refractivity contribution in [3.8, 4) is 6.19 Å². The van der Waals surface area contributed by atoms with E-state index in [4.69, 9.17) is 20.0 Å². The van der Waals surface area contributed by atoms with Crippen LogP contribution in [0.25, 0.3) is 0 Å². The Bertz CT molecular complexity index is 1350. The molecule has 0 radical (unpaired) electrons. The van der Waals surface area contributed by atoms with Gasteiger partial charge in [0.1, 0.15) is 24.1 Å². The molecule has 3 saturated heterocycles. The van der Waals surface area contributed by atoms with Crippen LogP contribution in [0.1, 0.15) is 68.7 Å². The highest BCUT2D eigenvalue weighted by atomic mass is 32.2. The van der Waals surface area contributed by atoms with Crippen LogP contribution in [0.3, 0.4) is 0 Å². The molecule has 0 aromatic carbocycles. The average Bonchev–Trinajstić information content (AvgIpc) is 3.72. The molecule has 3 aliphatic rings. The normalized spacial score (nSPS) is 24.5. The molecule has 0 aromatic heterocycles. The van der Waals surface area contributed by atoms with Crippen molar-refractivity contribution in [2.24, 2.45) is 57.4 Å². The Hall–Kier alpha value is -3.58. The second-order valence-corrected chi connectivity index (χ2v) is 13.6. The van der Waals surface area contributed by atoms with Gasteiger partial charge < -0.3 is 14.5 Å². The van der Waals surface area contributed by atoms with E-state index in [9.17, 15) is 0 Å². The first-order valence-corrected chi connectivity index (χ1v) is 17.6. The summed E-state index contributed by atoms with van der Waals surface area (Å²) >= 11 is 3.18. The summed E-state index contributed by atoms with van der Waals surface area (Å²) < 4.78 is 5.87.